The van der Waals surface area contributed by atoms with Gasteiger partial charge >= 0.3 is 0 Å². The number of rotatable bonds is 3. The maximum Gasteiger partial charge on any atom is 0.277 e. The predicted octanol–water partition coefficient (Wildman–Crippen LogP) is 0.555. The van der Waals surface area contributed by atoms with E-state index in [-0.39, 0.29) is 16.5 Å². The molecule has 0 amide bonds. The van der Waals surface area contributed by atoms with Gasteiger partial charge in [0.1, 0.15) is 0 Å². The summed E-state index contributed by atoms with van der Waals surface area (Å²) in [4.78, 5) is 1.16. The van der Waals surface area contributed by atoms with Crippen LogP contribution in [0.1, 0.15) is 5.56 Å². The number of sulfonamides is 1. The molecule has 0 aliphatic rings. The second kappa shape index (κ2) is 4.67. The molecular formula is C9H11ClN6O2S. The smallest absolute Gasteiger partial charge is 0.277 e. The highest BCUT2D eigenvalue weighted by Crippen LogP contribution is 2.26. The molecule has 0 bridgehead atoms. The molecule has 19 heavy (non-hydrogen) atoms. The van der Waals surface area contributed by atoms with Crippen LogP contribution in [0.5, 0.6) is 0 Å². The van der Waals surface area contributed by atoms with Crippen LogP contribution in [0.15, 0.2) is 17.0 Å². The molecule has 0 unspecified atom stereocenters. The van der Waals surface area contributed by atoms with E-state index in [1.807, 2.05) is 0 Å². The van der Waals surface area contributed by atoms with Crippen LogP contribution in [0.3, 0.4) is 0 Å². The first kappa shape index (κ1) is 13.6. The number of nitrogens with two attached hydrogens (primary N) is 1. The molecule has 0 saturated heterocycles. The van der Waals surface area contributed by atoms with Crippen LogP contribution in [-0.2, 0) is 17.1 Å². The van der Waals surface area contributed by atoms with Crippen LogP contribution < -0.4 is 10.5 Å². The van der Waals surface area contributed by atoms with Crippen LogP contribution in [0, 0.1) is 6.92 Å². The number of benzene rings is 1. The van der Waals surface area contributed by atoms with Crippen LogP contribution in [-0.4, -0.2) is 28.6 Å². The van der Waals surface area contributed by atoms with E-state index in [1.165, 1.54) is 19.2 Å². The van der Waals surface area contributed by atoms with Gasteiger partial charge in [0.05, 0.1) is 22.7 Å². The zero-order valence-corrected chi connectivity index (χ0v) is 11.7. The maximum atomic E-state index is 12.2. The highest BCUT2D eigenvalue weighted by Gasteiger charge is 2.20. The molecule has 3 N–H and O–H groups in total. The summed E-state index contributed by atoms with van der Waals surface area (Å²) >= 11 is 5.82. The number of nitrogen functional groups attached to an aromatic ring is 1. The second-order valence-corrected chi connectivity index (χ2v) is 5.91. The SMILES string of the molecule is Cc1cc(Cl)c(N)cc1S(=O)(=O)Nc1nnn(C)n1. The molecule has 0 saturated carbocycles. The molecule has 1 aromatic heterocycles. The summed E-state index contributed by atoms with van der Waals surface area (Å²) in [5, 5.41) is 11.1. The summed E-state index contributed by atoms with van der Waals surface area (Å²) in [5.41, 5.74) is 6.26. The molecule has 0 aliphatic heterocycles. The Labute approximate surface area is 114 Å². The Bertz CT molecular complexity index is 726. The number of hydrogen-bond acceptors (Lipinski definition) is 6. The second-order valence-electron chi connectivity index (χ2n) is 3.85. The molecule has 0 atom stereocenters. The fourth-order valence-corrected chi connectivity index (χ4v) is 2.87. The number of aromatic nitrogens is 4. The van der Waals surface area contributed by atoms with E-state index in [1.54, 1.807) is 6.92 Å². The topological polar surface area (TPSA) is 116 Å². The Morgan fingerprint density at radius 2 is 2.11 bits per heavy atom. The van der Waals surface area contributed by atoms with Gasteiger partial charge in [0.2, 0.25) is 0 Å². The average molecular weight is 303 g/mol. The van der Waals surface area contributed by atoms with Crippen LogP contribution in [0.25, 0.3) is 0 Å². The van der Waals surface area contributed by atoms with Gasteiger partial charge in [-0.25, -0.2) is 13.1 Å². The molecule has 1 heterocycles. The quantitative estimate of drug-likeness (QED) is 0.800. The van der Waals surface area contributed by atoms with Gasteiger partial charge in [-0.1, -0.05) is 16.7 Å². The van der Waals surface area contributed by atoms with Crippen molar-refractivity contribution in [2.45, 2.75) is 11.8 Å². The maximum absolute atomic E-state index is 12.2. The van der Waals surface area contributed by atoms with Crippen molar-refractivity contribution in [3.8, 4) is 0 Å². The first-order valence-corrected chi connectivity index (χ1v) is 6.98. The van der Waals surface area contributed by atoms with E-state index in [2.05, 4.69) is 20.1 Å². The van der Waals surface area contributed by atoms with Crippen molar-refractivity contribution < 1.29 is 8.42 Å². The fourth-order valence-electron chi connectivity index (χ4n) is 1.46. The standard InChI is InChI=1S/C9H11ClN6O2S/c1-5-3-6(10)7(11)4-8(5)19(17,18)14-9-12-15-16(2)13-9/h3-4H,11H2,1-2H3,(H,13,14). The van der Waals surface area contributed by atoms with E-state index in [0.29, 0.717) is 10.6 Å². The van der Waals surface area contributed by atoms with Crippen molar-refractivity contribution in [3.05, 3.63) is 22.7 Å². The number of nitrogens with zero attached hydrogens (tertiary/aromatic N) is 4. The molecule has 1 aromatic carbocycles. The van der Waals surface area contributed by atoms with Crippen LogP contribution in [0.4, 0.5) is 11.6 Å². The molecule has 2 aromatic rings. The molecule has 0 radical (unpaired) electrons. The minimum Gasteiger partial charge on any atom is -0.397 e. The van der Waals surface area contributed by atoms with Crippen molar-refractivity contribution in [1.82, 2.24) is 20.2 Å². The number of aryl methyl sites for hydroxylation is 2. The fraction of sp³-hybridized carbons (Fsp3) is 0.222. The highest BCUT2D eigenvalue weighted by molar-refractivity contribution is 7.92. The van der Waals surface area contributed by atoms with E-state index in [9.17, 15) is 8.42 Å². The number of tetrazole rings is 1. The molecule has 0 fully saturated rings. The molecule has 0 spiro atoms. The van der Waals surface area contributed by atoms with Crippen molar-refractivity contribution in [2.24, 2.45) is 7.05 Å². The lowest BCUT2D eigenvalue weighted by atomic mass is 10.2. The van der Waals surface area contributed by atoms with Gasteiger partial charge in [0.15, 0.2) is 0 Å². The first-order chi connectivity index (χ1) is 8.79. The number of anilines is 2. The third-order valence-corrected chi connectivity index (χ3v) is 4.12. The average Bonchev–Trinajstić information content (AvgIpc) is 2.68. The number of halogens is 1. The zero-order valence-electron chi connectivity index (χ0n) is 10.1. The summed E-state index contributed by atoms with van der Waals surface area (Å²) in [6.45, 7) is 1.62. The van der Waals surface area contributed by atoms with E-state index in [4.69, 9.17) is 17.3 Å². The van der Waals surface area contributed by atoms with Gasteiger partial charge < -0.3 is 5.73 Å². The van der Waals surface area contributed by atoms with E-state index < -0.39 is 10.0 Å². The Morgan fingerprint density at radius 3 is 2.68 bits per heavy atom. The lowest BCUT2D eigenvalue weighted by Gasteiger charge is -2.09. The van der Waals surface area contributed by atoms with Gasteiger partial charge in [-0.05, 0) is 29.8 Å². The van der Waals surface area contributed by atoms with Crippen LogP contribution in [0.2, 0.25) is 5.02 Å². The Balaban J connectivity index is 2.42. The van der Waals surface area contributed by atoms with Gasteiger partial charge in [0.25, 0.3) is 16.0 Å². The molecule has 10 heteroatoms. The minimum absolute atomic E-state index is 0.0156. The Kier molecular flexibility index (Phi) is 3.33. The minimum atomic E-state index is -3.84. The molecular weight excluding hydrogens is 292 g/mol. The number of hydrogen-bond donors (Lipinski definition) is 2. The van der Waals surface area contributed by atoms with E-state index in [0.717, 1.165) is 4.80 Å². The lowest BCUT2D eigenvalue weighted by molar-refractivity contribution is 0.600. The summed E-state index contributed by atoms with van der Waals surface area (Å²) in [7, 11) is -2.31. The van der Waals surface area contributed by atoms with E-state index >= 15 is 0 Å². The summed E-state index contributed by atoms with van der Waals surface area (Å²) in [6, 6.07) is 2.77. The summed E-state index contributed by atoms with van der Waals surface area (Å²) in [6.07, 6.45) is 0. The van der Waals surface area contributed by atoms with Gasteiger partial charge in [-0.15, -0.1) is 5.10 Å². The molecule has 102 valence electrons. The Hall–Kier alpha value is -1.87. The third kappa shape index (κ3) is 2.76. The molecule has 2 rings (SSSR count). The van der Waals surface area contributed by atoms with Crippen molar-refractivity contribution in [1.29, 1.82) is 0 Å². The normalized spacial score (nSPS) is 11.5. The highest BCUT2D eigenvalue weighted by atomic mass is 35.5. The van der Waals surface area contributed by atoms with Crippen molar-refractivity contribution >= 4 is 33.3 Å². The molecule has 0 aliphatic carbocycles. The van der Waals surface area contributed by atoms with Crippen LogP contribution >= 0.6 is 11.6 Å². The summed E-state index contributed by atoms with van der Waals surface area (Å²) < 4.78 is 26.5. The number of nitrogens with one attached hydrogen (secondary N) is 1. The van der Waals surface area contributed by atoms with Gasteiger partial charge in [-0.2, -0.15) is 4.80 Å². The lowest BCUT2D eigenvalue weighted by Crippen LogP contribution is -2.16. The first-order valence-electron chi connectivity index (χ1n) is 5.12. The summed E-state index contributed by atoms with van der Waals surface area (Å²) in [5.74, 6) is -0.115. The van der Waals surface area contributed by atoms with Crippen molar-refractivity contribution in [3.63, 3.8) is 0 Å². The zero-order chi connectivity index (χ0) is 14.2. The monoisotopic (exact) mass is 302 g/mol. The Morgan fingerprint density at radius 1 is 1.42 bits per heavy atom. The van der Waals surface area contributed by atoms with Gasteiger partial charge in [0, 0.05) is 0 Å². The molecule has 8 nitrogen and oxygen atoms in total. The predicted molar refractivity (Wildman–Crippen MR) is 70.2 cm³/mol. The van der Waals surface area contributed by atoms with Gasteiger partial charge in [-0.3, -0.25) is 0 Å². The third-order valence-electron chi connectivity index (χ3n) is 2.32. The largest absolute Gasteiger partial charge is 0.397 e. The van der Waals surface area contributed by atoms with Crippen molar-refractivity contribution in [2.75, 3.05) is 10.5 Å².